The number of rotatable bonds is 9. The number of nitrogens with one attached hydrogen (secondary N) is 1. The van der Waals surface area contributed by atoms with Crippen LogP contribution in [0, 0.1) is 6.92 Å². The van der Waals surface area contributed by atoms with Gasteiger partial charge in [0.1, 0.15) is 18.9 Å². The van der Waals surface area contributed by atoms with E-state index in [1.165, 1.54) is 12.1 Å². The molecule has 0 aliphatic heterocycles. The lowest BCUT2D eigenvalue weighted by atomic mass is 10.2. The number of benzene rings is 3. The minimum absolute atomic E-state index is 0.0221. The number of halogens is 5. The van der Waals surface area contributed by atoms with Gasteiger partial charge in [0, 0.05) is 5.02 Å². The molecule has 3 aromatic rings. The van der Waals surface area contributed by atoms with Crippen LogP contribution in [0.2, 0.25) is 10.0 Å². The van der Waals surface area contributed by atoms with Gasteiger partial charge in [0.15, 0.2) is 0 Å². The Morgan fingerprint density at radius 3 is 2.25 bits per heavy atom. The third-order valence-electron chi connectivity index (χ3n) is 4.95. The topological polar surface area (TPSA) is 75.7 Å². The highest BCUT2D eigenvalue weighted by Gasteiger charge is 2.35. The molecule has 0 radical (unpaired) electrons. The second-order valence-electron chi connectivity index (χ2n) is 7.64. The highest BCUT2D eigenvalue weighted by molar-refractivity contribution is 7.92. The third-order valence-corrected chi connectivity index (χ3v) is 7.32. The fourth-order valence-electron chi connectivity index (χ4n) is 3.11. The molecule has 1 amide bonds. The number of amides is 1. The first-order valence-electron chi connectivity index (χ1n) is 10.5. The van der Waals surface area contributed by atoms with Crippen LogP contribution < -0.4 is 14.4 Å². The first-order chi connectivity index (χ1) is 16.9. The molecule has 12 heteroatoms. The Morgan fingerprint density at radius 2 is 1.64 bits per heavy atom. The fourth-order valence-corrected chi connectivity index (χ4v) is 4.88. The van der Waals surface area contributed by atoms with E-state index in [-0.39, 0.29) is 23.7 Å². The van der Waals surface area contributed by atoms with E-state index in [9.17, 15) is 26.4 Å². The van der Waals surface area contributed by atoms with Gasteiger partial charge in [0.2, 0.25) is 5.91 Å². The Kier molecular flexibility index (Phi) is 8.76. The standard InChI is InChI=1S/C24H21Cl2F3N2O4S/c1-16-2-9-20(10-3-16)36(33,34)31(18-6-11-22(26)21(14-18)24(27,28)29)15-23(32)30-12-13-35-19-7-4-17(25)5-8-19/h2-11,14H,12-13,15H2,1H3,(H,30,32). The van der Waals surface area contributed by atoms with Crippen LogP contribution in [0.4, 0.5) is 18.9 Å². The van der Waals surface area contributed by atoms with Gasteiger partial charge in [0.25, 0.3) is 10.0 Å². The summed E-state index contributed by atoms with van der Waals surface area (Å²) < 4.78 is 73.1. The Bertz CT molecular complexity index is 1320. The Hall–Kier alpha value is -2.95. The minimum atomic E-state index is -4.83. The highest BCUT2D eigenvalue weighted by atomic mass is 35.5. The van der Waals surface area contributed by atoms with Crippen molar-refractivity contribution in [2.24, 2.45) is 0 Å². The van der Waals surface area contributed by atoms with E-state index in [0.717, 1.165) is 17.7 Å². The van der Waals surface area contributed by atoms with Crippen LogP contribution in [0.5, 0.6) is 5.75 Å². The molecule has 0 heterocycles. The molecule has 192 valence electrons. The number of ether oxygens (including phenoxy) is 1. The molecule has 0 spiro atoms. The predicted octanol–water partition coefficient (Wildman–Crippen LogP) is 5.71. The van der Waals surface area contributed by atoms with Crippen molar-refractivity contribution in [1.29, 1.82) is 0 Å². The molecule has 0 fully saturated rings. The summed E-state index contributed by atoms with van der Waals surface area (Å²) in [5, 5.41) is 2.44. The van der Waals surface area contributed by atoms with Crippen molar-refractivity contribution in [3.05, 3.63) is 87.9 Å². The van der Waals surface area contributed by atoms with E-state index in [2.05, 4.69) is 5.32 Å². The normalized spacial score (nSPS) is 11.7. The lowest BCUT2D eigenvalue weighted by molar-refractivity contribution is -0.137. The number of carbonyl (C=O) groups is 1. The van der Waals surface area contributed by atoms with Crippen LogP contribution >= 0.6 is 23.2 Å². The van der Waals surface area contributed by atoms with E-state index in [1.807, 2.05) is 0 Å². The third kappa shape index (κ3) is 7.05. The molecule has 6 nitrogen and oxygen atoms in total. The van der Waals surface area contributed by atoms with Crippen molar-refractivity contribution in [3.8, 4) is 5.75 Å². The van der Waals surface area contributed by atoms with Crippen LogP contribution in [0.1, 0.15) is 11.1 Å². The van der Waals surface area contributed by atoms with Gasteiger partial charge in [-0.25, -0.2) is 8.42 Å². The quantitative estimate of drug-likeness (QED) is 0.340. The summed E-state index contributed by atoms with van der Waals surface area (Å²) in [6.45, 7) is 1.07. The zero-order chi connectivity index (χ0) is 26.5. The van der Waals surface area contributed by atoms with Gasteiger partial charge in [0.05, 0.1) is 27.7 Å². The largest absolute Gasteiger partial charge is 0.492 e. The van der Waals surface area contributed by atoms with Crippen molar-refractivity contribution in [3.63, 3.8) is 0 Å². The van der Waals surface area contributed by atoms with Crippen LogP contribution in [-0.2, 0) is 21.0 Å². The highest BCUT2D eigenvalue weighted by Crippen LogP contribution is 2.38. The molecule has 0 bridgehead atoms. The van der Waals surface area contributed by atoms with Gasteiger partial charge in [-0.05, 0) is 61.5 Å². The molecule has 3 aromatic carbocycles. The Balaban J connectivity index is 1.82. The summed E-state index contributed by atoms with van der Waals surface area (Å²) in [4.78, 5) is 12.4. The maximum absolute atomic E-state index is 13.4. The molecule has 0 unspecified atom stereocenters. The lowest BCUT2D eigenvalue weighted by Crippen LogP contribution is -2.42. The van der Waals surface area contributed by atoms with E-state index < -0.39 is 39.2 Å². The molecule has 0 saturated heterocycles. The summed E-state index contributed by atoms with van der Waals surface area (Å²) in [5.74, 6) is -0.230. The average Bonchev–Trinajstić information content (AvgIpc) is 2.81. The second kappa shape index (κ2) is 11.4. The van der Waals surface area contributed by atoms with Crippen molar-refractivity contribution in [2.75, 3.05) is 24.0 Å². The molecular weight excluding hydrogens is 540 g/mol. The number of hydrogen-bond acceptors (Lipinski definition) is 4. The maximum Gasteiger partial charge on any atom is 0.417 e. The molecule has 1 N–H and O–H groups in total. The zero-order valence-corrected chi connectivity index (χ0v) is 21.2. The monoisotopic (exact) mass is 560 g/mol. The SMILES string of the molecule is Cc1ccc(S(=O)(=O)N(CC(=O)NCCOc2ccc(Cl)cc2)c2ccc(Cl)c(C(F)(F)F)c2)cc1. The number of nitrogens with zero attached hydrogens (tertiary/aromatic N) is 1. The van der Waals surface area contributed by atoms with Gasteiger partial charge >= 0.3 is 6.18 Å². The van der Waals surface area contributed by atoms with Crippen molar-refractivity contribution in [2.45, 2.75) is 18.0 Å². The summed E-state index contributed by atoms with van der Waals surface area (Å²) in [7, 11) is -4.40. The van der Waals surface area contributed by atoms with E-state index in [4.69, 9.17) is 27.9 Å². The number of alkyl halides is 3. The summed E-state index contributed by atoms with van der Waals surface area (Å²) in [5.41, 5.74) is -0.799. The molecule has 0 saturated carbocycles. The second-order valence-corrected chi connectivity index (χ2v) is 10.3. The van der Waals surface area contributed by atoms with Gasteiger partial charge in [-0.1, -0.05) is 40.9 Å². The first-order valence-corrected chi connectivity index (χ1v) is 12.7. The molecule has 36 heavy (non-hydrogen) atoms. The molecule has 0 aliphatic rings. The van der Waals surface area contributed by atoms with Crippen molar-refractivity contribution >= 4 is 44.8 Å². The van der Waals surface area contributed by atoms with Crippen molar-refractivity contribution < 1.29 is 31.1 Å². The predicted molar refractivity (Wildman–Crippen MR) is 132 cm³/mol. The van der Waals surface area contributed by atoms with E-state index in [0.29, 0.717) is 21.1 Å². The number of hydrogen-bond donors (Lipinski definition) is 1. The van der Waals surface area contributed by atoms with Gasteiger partial charge < -0.3 is 10.1 Å². The first kappa shape index (κ1) is 27.6. The van der Waals surface area contributed by atoms with Gasteiger partial charge in [-0.2, -0.15) is 13.2 Å². The van der Waals surface area contributed by atoms with E-state index >= 15 is 0 Å². The van der Waals surface area contributed by atoms with Crippen LogP contribution in [0.25, 0.3) is 0 Å². The number of carbonyl (C=O) groups excluding carboxylic acids is 1. The fraction of sp³-hybridized carbons (Fsp3) is 0.208. The van der Waals surface area contributed by atoms with Crippen LogP contribution in [0.15, 0.2) is 71.6 Å². The number of aryl methyl sites for hydroxylation is 1. The number of sulfonamides is 1. The zero-order valence-electron chi connectivity index (χ0n) is 18.9. The Morgan fingerprint density at radius 1 is 1.00 bits per heavy atom. The molecular formula is C24H21Cl2F3N2O4S. The average molecular weight is 561 g/mol. The van der Waals surface area contributed by atoms with E-state index in [1.54, 1.807) is 43.3 Å². The smallest absolute Gasteiger partial charge is 0.417 e. The van der Waals surface area contributed by atoms with Crippen molar-refractivity contribution in [1.82, 2.24) is 5.32 Å². The lowest BCUT2D eigenvalue weighted by Gasteiger charge is -2.25. The number of anilines is 1. The molecule has 0 atom stereocenters. The Labute approximate surface area is 216 Å². The van der Waals surface area contributed by atoms with Crippen LogP contribution in [-0.4, -0.2) is 34.0 Å². The summed E-state index contributed by atoms with van der Waals surface area (Å²) in [6, 6.07) is 14.9. The summed E-state index contributed by atoms with van der Waals surface area (Å²) >= 11 is 11.5. The van der Waals surface area contributed by atoms with Gasteiger partial charge in [-0.3, -0.25) is 9.10 Å². The summed E-state index contributed by atoms with van der Waals surface area (Å²) in [6.07, 6.45) is -4.83. The van der Waals surface area contributed by atoms with Gasteiger partial charge in [-0.15, -0.1) is 0 Å². The maximum atomic E-state index is 13.4. The van der Waals surface area contributed by atoms with Crippen LogP contribution in [0.3, 0.4) is 0 Å². The molecule has 3 rings (SSSR count). The molecule has 0 aromatic heterocycles. The molecule has 0 aliphatic carbocycles. The minimum Gasteiger partial charge on any atom is -0.492 e.